The van der Waals surface area contributed by atoms with E-state index in [4.69, 9.17) is 5.11 Å². The predicted octanol–water partition coefficient (Wildman–Crippen LogP) is 2.17. The summed E-state index contributed by atoms with van der Waals surface area (Å²) in [6.07, 6.45) is 0. The largest absolute Gasteiger partial charge is 0.480 e. The van der Waals surface area contributed by atoms with Crippen LogP contribution < -0.4 is 0 Å². The van der Waals surface area contributed by atoms with E-state index < -0.39 is 22.0 Å². The van der Waals surface area contributed by atoms with E-state index in [-0.39, 0.29) is 5.75 Å². The van der Waals surface area contributed by atoms with Gasteiger partial charge in [0.25, 0.3) is 0 Å². The van der Waals surface area contributed by atoms with Crippen molar-refractivity contribution in [2.24, 2.45) is 0 Å². The third kappa shape index (κ3) is 3.76. The molecule has 0 aliphatic carbocycles. The van der Waals surface area contributed by atoms with Gasteiger partial charge in [0, 0.05) is 21.0 Å². The molecule has 2 atom stereocenters. The van der Waals surface area contributed by atoms with Crippen molar-refractivity contribution in [3.8, 4) is 0 Å². The van der Waals surface area contributed by atoms with Crippen molar-refractivity contribution in [2.75, 3.05) is 0 Å². The summed E-state index contributed by atoms with van der Waals surface area (Å²) in [5.74, 6) is -0.754. The first-order chi connectivity index (χ1) is 7.00. The van der Waals surface area contributed by atoms with Crippen LogP contribution in [0, 0.1) is 0 Å². The van der Waals surface area contributed by atoms with Gasteiger partial charge in [0.15, 0.2) is 0 Å². The summed E-state index contributed by atoms with van der Waals surface area (Å²) in [6.45, 7) is 1.45. The number of hydrogen-bond donors (Lipinski definition) is 1. The molecule has 1 N–H and O–H groups in total. The quantitative estimate of drug-likeness (QED) is 0.925. The summed E-state index contributed by atoms with van der Waals surface area (Å²) in [5.41, 5.74) is 0.871. The summed E-state index contributed by atoms with van der Waals surface area (Å²) < 4.78 is 12.5. The van der Waals surface area contributed by atoms with E-state index in [2.05, 4.69) is 15.9 Å². The van der Waals surface area contributed by atoms with Crippen LogP contribution in [-0.4, -0.2) is 20.5 Å². The van der Waals surface area contributed by atoms with Crippen LogP contribution in [-0.2, 0) is 21.3 Å². The van der Waals surface area contributed by atoms with Crippen molar-refractivity contribution in [2.45, 2.75) is 17.9 Å². The SMILES string of the molecule is CC(C(=O)O)S(=O)Cc1cccc(Br)c1. The average molecular weight is 291 g/mol. The molecule has 0 spiro atoms. The molecule has 0 aromatic heterocycles. The average Bonchev–Trinajstić information content (AvgIpc) is 2.16. The Morgan fingerprint density at radius 2 is 2.27 bits per heavy atom. The Morgan fingerprint density at radius 3 is 2.80 bits per heavy atom. The molecule has 82 valence electrons. The molecule has 0 heterocycles. The Bertz CT molecular complexity index is 392. The first-order valence-electron chi connectivity index (χ1n) is 4.35. The number of carboxylic acids is 1. The zero-order chi connectivity index (χ0) is 11.4. The van der Waals surface area contributed by atoms with Crippen LogP contribution in [0.4, 0.5) is 0 Å². The summed E-state index contributed by atoms with van der Waals surface area (Å²) in [7, 11) is -1.37. The molecule has 0 bridgehead atoms. The minimum Gasteiger partial charge on any atom is -0.480 e. The predicted molar refractivity (Wildman–Crippen MR) is 63.1 cm³/mol. The topological polar surface area (TPSA) is 54.4 Å². The zero-order valence-electron chi connectivity index (χ0n) is 8.14. The van der Waals surface area contributed by atoms with Gasteiger partial charge in [-0.05, 0) is 24.6 Å². The van der Waals surface area contributed by atoms with Gasteiger partial charge in [-0.1, -0.05) is 28.1 Å². The lowest BCUT2D eigenvalue weighted by atomic mass is 10.2. The summed E-state index contributed by atoms with van der Waals surface area (Å²) in [6, 6.07) is 7.37. The van der Waals surface area contributed by atoms with E-state index in [0.717, 1.165) is 10.0 Å². The Hall–Kier alpha value is -0.680. The number of carboxylic acid groups (broad SMARTS) is 1. The fourth-order valence-corrected chi connectivity index (χ4v) is 2.46. The number of aliphatic carboxylic acids is 1. The van der Waals surface area contributed by atoms with Gasteiger partial charge >= 0.3 is 5.97 Å². The van der Waals surface area contributed by atoms with Crippen molar-refractivity contribution in [3.05, 3.63) is 34.3 Å². The summed E-state index contributed by atoms with van der Waals surface area (Å²) in [5, 5.41) is 7.85. The van der Waals surface area contributed by atoms with Gasteiger partial charge in [-0.15, -0.1) is 0 Å². The minimum atomic E-state index is -1.37. The molecule has 3 nitrogen and oxygen atoms in total. The number of rotatable bonds is 4. The van der Waals surface area contributed by atoms with Crippen molar-refractivity contribution in [1.82, 2.24) is 0 Å². The van der Waals surface area contributed by atoms with Gasteiger partial charge in [0.1, 0.15) is 5.25 Å². The first-order valence-corrected chi connectivity index (χ1v) is 6.52. The Kier molecular flexibility index (Phi) is 4.47. The molecule has 5 heteroatoms. The van der Waals surface area contributed by atoms with Crippen molar-refractivity contribution < 1.29 is 14.1 Å². The van der Waals surface area contributed by atoms with Crippen molar-refractivity contribution >= 4 is 32.7 Å². The molecular formula is C10H11BrO3S. The van der Waals surface area contributed by atoms with E-state index in [9.17, 15) is 9.00 Å². The van der Waals surface area contributed by atoms with Crippen LogP contribution in [0.25, 0.3) is 0 Å². The molecule has 2 unspecified atom stereocenters. The van der Waals surface area contributed by atoms with Gasteiger partial charge in [-0.2, -0.15) is 0 Å². The Labute approximate surface area is 99.1 Å². The molecule has 0 saturated heterocycles. The molecule has 0 radical (unpaired) electrons. The second kappa shape index (κ2) is 5.42. The highest BCUT2D eigenvalue weighted by atomic mass is 79.9. The number of carbonyl (C=O) groups is 1. The Morgan fingerprint density at radius 1 is 1.60 bits per heavy atom. The molecule has 1 rings (SSSR count). The van der Waals surface area contributed by atoms with Gasteiger partial charge in [0.05, 0.1) is 0 Å². The van der Waals surface area contributed by atoms with Crippen molar-refractivity contribution in [3.63, 3.8) is 0 Å². The fraction of sp³-hybridized carbons (Fsp3) is 0.300. The number of halogens is 1. The van der Waals surface area contributed by atoms with Gasteiger partial charge in [0.2, 0.25) is 0 Å². The third-order valence-corrected chi connectivity index (χ3v) is 4.04. The molecule has 15 heavy (non-hydrogen) atoms. The maximum atomic E-state index is 11.6. The summed E-state index contributed by atoms with van der Waals surface area (Å²) >= 11 is 3.30. The lowest BCUT2D eigenvalue weighted by Gasteiger charge is -2.06. The highest BCUT2D eigenvalue weighted by molar-refractivity contribution is 9.10. The van der Waals surface area contributed by atoms with E-state index in [1.807, 2.05) is 24.3 Å². The molecule has 1 aromatic carbocycles. The lowest BCUT2D eigenvalue weighted by molar-refractivity contribution is -0.136. The maximum Gasteiger partial charge on any atom is 0.318 e. The van der Waals surface area contributed by atoms with Crippen molar-refractivity contribution in [1.29, 1.82) is 0 Å². The lowest BCUT2D eigenvalue weighted by Crippen LogP contribution is -2.22. The fourth-order valence-electron chi connectivity index (χ4n) is 1.03. The van der Waals surface area contributed by atoms with Gasteiger partial charge < -0.3 is 5.11 Å². The normalized spacial score (nSPS) is 14.5. The maximum absolute atomic E-state index is 11.6. The van der Waals surface area contributed by atoms with Crippen LogP contribution >= 0.6 is 15.9 Å². The first kappa shape index (κ1) is 12.4. The number of hydrogen-bond acceptors (Lipinski definition) is 2. The standard InChI is InChI=1S/C10H11BrO3S/c1-7(10(12)13)15(14)6-8-3-2-4-9(11)5-8/h2-5,7H,6H2,1H3,(H,12,13). The monoisotopic (exact) mass is 290 g/mol. The van der Waals surface area contributed by atoms with Gasteiger partial charge in [-0.25, -0.2) is 0 Å². The van der Waals surface area contributed by atoms with Crippen LogP contribution in [0.2, 0.25) is 0 Å². The summed E-state index contributed by atoms with van der Waals surface area (Å²) in [4.78, 5) is 10.6. The Balaban J connectivity index is 2.70. The van der Waals surface area contributed by atoms with E-state index in [0.29, 0.717) is 0 Å². The highest BCUT2D eigenvalue weighted by Crippen LogP contribution is 2.14. The highest BCUT2D eigenvalue weighted by Gasteiger charge is 2.18. The smallest absolute Gasteiger partial charge is 0.318 e. The van der Waals surface area contributed by atoms with Crippen LogP contribution in [0.1, 0.15) is 12.5 Å². The third-order valence-electron chi connectivity index (χ3n) is 1.94. The second-order valence-corrected chi connectivity index (χ2v) is 5.81. The van der Waals surface area contributed by atoms with Crippen LogP contribution in [0.3, 0.4) is 0 Å². The molecular weight excluding hydrogens is 280 g/mol. The minimum absolute atomic E-state index is 0.271. The number of benzene rings is 1. The molecule has 0 amide bonds. The van der Waals surface area contributed by atoms with Crippen LogP contribution in [0.5, 0.6) is 0 Å². The van der Waals surface area contributed by atoms with Crippen LogP contribution in [0.15, 0.2) is 28.7 Å². The molecule has 0 fully saturated rings. The zero-order valence-corrected chi connectivity index (χ0v) is 10.5. The van der Waals surface area contributed by atoms with E-state index >= 15 is 0 Å². The molecule has 0 aliphatic rings. The van der Waals surface area contributed by atoms with E-state index in [1.165, 1.54) is 6.92 Å². The van der Waals surface area contributed by atoms with Gasteiger partial charge in [-0.3, -0.25) is 9.00 Å². The molecule has 1 aromatic rings. The second-order valence-electron chi connectivity index (χ2n) is 3.14. The molecule has 0 aliphatic heterocycles. The van der Waals surface area contributed by atoms with E-state index in [1.54, 1.807) is 0 Å². The molecule has 0 saturated carbocycles.